The van der Waals surface area contributed by atoms with Crippen LogP contribution < -0.4 is 0 Å². The van der Waals surface area contributed by atoms with Crippen LogP contribution >= 0.6 is 11.6 Å². The number of carbonyl (C=O) groups is 1. The van der Waals surface area contributed by atoms with Gasteiger partial charge in [-0.25, -0.2) is 9.18 Å². The summed E-state index contributed by atoms with van der Waals surface area (Å²) in [7, 11) is 0. The van der Waals surface area contributed by atoms with Gasteiger partial charge in [0.15, 0.2) is 0 Å². The predicted octanol–water partition coefficient (Wildman–Crippen LogP) is 2.58. The number of rotatable bonds is 2. The third kappa shape index (κ3) is 2.87. The molecular formula is C9H6ClFO2. The Kier molecular flexibility index (Phi) is 3.03. The zero-order valence-corrected chi connectivity index (χ0v) is 7.25. The van der Waals surface area contributed by atoms with Crippen LogP contribution in [-0.4, -0.2) is 11.1 Å². The number of benzene rings is 1. The van der Waals surface area contributed by atoms with Gasteiger partial charge >= 0.3 is 5.97 Å². The lowest BCUT2D eigenvalue weighted by Crippen LogP contribution is -1.87. The third-order valence-corrected chi connectivity index (χ3v) is 1.60. The molecule has 0 aliphatic heterocycles. The fraction of sp³-hybridized carbons (Fsp3) is 0. The summed E-state index contributed by atoms with van der Waals surface area (Å²) in [4.78, 5) is 10.1. The largest absolute Gasteiger partial charge is 0.478 e. The zero-order valence-electron chi connectivity index (χ0n) is 6.50. The SMILES string of the molecule is O=C(O)/C=C\c1cc(Cl)ccc1F. The Labute approximate surface area is 79.3 Å². The van der Waals surface area contributed by atoms with Gasteiger partial charge in [-0.05, 0) is 24.3 Å². The van der Waals surface area contributed by atoms with Gasteiger partial charge in [0.1, 0.15) is 5.82 Å². The Morgan fingerprint density at radius 2 is 2.23 bits per heavy atom. The average Bonchev–Trinajstić information content (AvgIpc) is 2.06. The van der Waals surface area contributed by atoms with Crippen LogP contribution in [0, 0.1) is 5.82 Å². The zero-order chi connectivity index (χ0) is 9.84. The minimum Gasteiger partial charge on any atom is -0.478 e. The van der Waals surface area contributed by atoms with Crippen LogP contribution in [-0.2, 0) is 4.79 Å². The highest BCUT2D eigenvalue weighted by molar-refractivity contribution is 6.30. The monoisotopic (exact) mass is 200 g/mol. The molecule has 0 saturated carbocycles. The Balaban J connectivity index is 3.00. The first kappa shape index (κ1) is 9.74. The molecule has 0 radical (unpaired) electrons. The first-order valence-corrected chi connectivity index (χ1v) is 3.83. The second-order valence-electron chi connectivity index (χ2n) is 2.34. The van der Waals surface area contributed by atoms with Crippen molar-refractivity contribution < 1.29 is 14.3 Å². The predicted molar refractivity (Wildman–Crippen MR) is 48.1 cm³/mol. The van der Waals surface area contributed by atoms with E-state index in [0.29, 0.717) is 5.02 Å². The summed E-state index contributed by atoms with van der Waals surface area (Å²) in [6.07, 6.45) is 2.01. The van der Waals surface area contributed by atoms with E-state index in [1.807, 2.05) is 0 Å². The van der Waals surface area contributed by atoms with Crippen LogP contribution in [0.4, 0.5) is 4.39 Å². The van der Waals surface area contributed by atoms with Gasteiger partial charge in [0.2, 0.25) is 0 Å². The maximum absolute atomic E-state index is 12.9. The minimum atomic E-state index is -1.13. The topological polar surface area (TPSA) is 37.3 Å². The molecule has 0 atom stereocenters. The maximum atomic E-state index is 12.9. The summed E-state index contributed by atoms with van der Waals surface area (Å²) in [6.45, 7) is 0. The number of carboxylic acids is 1. The van der Waals surface area contributed by atoms with Crippen molar-refractivity contribution in [1.29, 1.82) is 0 Å². The van der Waals surface area contributed by atoms with Crippen LogP contribution in [0.5, 0.6) is 0 Å². The van der Waals surface area contributed by atoms with Gasteiger partial charge in [-0.15, -0.1) is 0 Å². The molecule has 0 aliphatic rings. The van der Waals surface area contributed by atoms with E-state index in [1.165, 1.54) is 18.2 Å². The lowest BCUT2D eigenvalue weighted by atomic mass is 10.2. The molecule has 1 rings (SSSR count). The van der Waals surface area contributed by atoms with E-state index in [9.17, 15) is 9.18 Å². The second-order valence-corrected chi connectivity index (χ2v) is 2.77. The van der Waals surface area contributed by atoms with Gasteiger partial charge in [0, 0.05) is 16.7 Å². The number of aliphatic carboxylic acids is 1. The second kappa shape index (κ2) is 4.05. The van der Waals surface area contributed by atoms with Crippen molar-refractivity contribution in [2.24, 2.45) is 0 Å². The molecule has 1 aromatic rings. The summed E-state index contributed by atoms with van der Waals surface area (Å²) in [5.41, 5.74) is 0.162. The molecule has 0 unspecified atom stereocenters. The molecule has 13 heavy (non-hydrogen) atoms. The van der Waals surface area contributed by atoms with Crippen LogP contribution in [0.15, 0.2) is 24.3 Å². The van der Waals surface area contributed by atoms with E-state index in [2.05, 4.69) is 0 Å². The summed E-state index contributed by atoms with van der Waals surface area (Å²) in [5.74, 6) is -1.62. The highest BCUT2D eigenvalue weighted by Gasteiger charge is 1.99. The summed E-state index contributed by atoms with van der Waals surface area (Å²) in [6, 6.07) is 3.94. The molecule has 0 amide bonds. The van der Waals surface area contributed by atoms with E-state index in [0.717, 1.165) is 12.2 Å². The van der Waals surface area contributed by atoms with Gasteiger partial charge in [0.25, 0.3) is 0 Å². The molecule has 68 valence electrons. The van der Waals surface area contributed by atoms with E-state index < -0.39 is 11.8 Å². The number of hydrogen-bond donors (Lipinski definition) is 1. The molecule has 1 N–H and O–H groups in total. The summed E-state index contributed by atoms with van der Waals surface area (Å²) in [5, 5.41) is 8.66. The minimum absolute atomic E-state index is 0.162. The number of halogens is 2. The normalized spacial score (nSPS) is 10.6. The average molecular weight is 201 g/mol. The molecule has 0 aromatic heterocycles. The summed E-state index contributed by atoms with van der Waals surface area (Å²) >= 11 is 5.58. The van der Waals surface area contributed by atoms with Crippen LogP contribution in [0.25, 0.3) is 6.08 Å². The molecule has 4 heteroatoms. The van der Waals surface area contributed by atoms with Gasteiger partial charge in [-0.2, -0.15) is 0 Å². The van der Waals surface area contributed by atoms with Crippen molar-refractivity contribution in [3.63, 3.8) is 0 Å². The fourth-order valence-electron chi connectivity index (χ4n) is 0.803. The van der Waals surface area contributed by atoms with Crippen molar-refractivity contribution >= 4 is 23.6 Å². The van der Waals surface area contributed by atoms with Crippen molar-refractivity contribution in [3.05, 3.63) is 40.7 Å². The van der Waals surface area contributed by atoms with Crippen molar-refractivity contribution in [3.8, 4) is 0 Å². The first-order valence-electron chi connectivity index (χ1n) is 3.45. The highest BCUT2D eigenvalue weighted by atomic mass is 35.5. The molecule has 0 aliphatic carbocycles. The lowest BCUT2D eigenvalue weighted by molar-refractivity contribution is -0.131. The Hall–Kier alpha value is -1.35. The Bertz CT molecular complexity index is 361. The van der Waals surface area contributed by atoms with E-state index >= 15 is 0 Å². The quantitative estimate of drug-likeness (QED) is 0.745. The van der Waals surface area contributed by atoms with Gasteiger partial charge in [-0.1, -0.05) is 11.6 Å². The van der Waals surface area contributed by atoms with Crippen molar-refractivity contribution in [2.75, 3.05) is 0 Å². The van der Waals surface area contributed by atoms with E-state index in [4.69, 9.17) is 16.7 Å². The van der Waals surface area contributed by atoms with E-state index in [-0.39, 0.29) is 5.56 Å². The Morgan fingerprint density at radius 3 is 2.85 bits per heavy atom. The van der Waals surface area contributed by atoms with Crippen LogP contribution in [0.3, 0.4) is 0 Å². The molecule has 1 aromatic carbocycles. The van der Waals surface area contributed by atoms with Crippen molar-refractivity contribution in [1.82, 2.24) is 0 Å². The smallest absolute Gasteiger partial charge is 0.328 e. The Morgan fingerprint density at radius 1 is 1.54 bits per heavy atom. The molecule has 2 nitrogen and oxygen atoms in total. The molecule has 0 spiro atoms. The first-order chi connectivity index (χ1) is 6.09. The van der Waals surface area contributed by atoms with Crippen LogP contribution in [0.1, 0.15) is 5.56 Å². The lowest BCUT2D eigenvalue weighted by Gasteiger charge is -1.96. The van der Waals surface area contributed by atoms with Gasteiger partial charge in [0.05, 0.1) is 0 Å². The third-order valence-electron chi connectivity index (χ3n) is 1.36. The highest BCUT2D eigenvalue weighted by Crippen LogP contribution is 2.15. The van der Waals surface area contributed by atoms with Crippen LogP contribution in [0.2, 0.25) is 5.02 Å². The molecule has 0 bridgehead atoms. The molecule has 0 saturated heterocycles. The fourth-order valence-corrected chi connectivity index (χ4v) is 0.984. The molecule has 0 heterocycles. The summed E-state index contributed by atoms with van der Waals surface area (Å²) < 4.78 is 12.9. The molecule has 0 fully saturated rings. The molecular weight excluding hydrogens is 195 g/mol. The number of carboxylic acid groups (broad SMARTS) is 1. The maximum Gasteiger partial charge on any atom is 0.328 e. The number of hydrogen-bond acceptors (Lipinski definition) is 1. The van der Waals surface area contributed by atoms with Gasteiger partial charge < -0.3 is 5.11 Å². The standard InChI is InChI=1S/C9H6ClFO2/c10-7-2-3-8(11)6(5-7)1-4-9(12)13/h1-5H,(H,12,13)/b4-1-. The van der Waals surface area contributed by atoms with Crippen molar-refractivity contribution in [2.45, 2.75) is 0 Å². The van der Waals surface area contributed by atoms with E-state index in [1.54, 1.807) is 0 Å². The van der Waals surface area contributed by atoms with Gasteiger partial charge in [-0.3, -0.25) is 0 Å².